The van der Waals surface area contributed by atoms with E-state index in [1.807, 2.05) is 30.5 Å². The van der Waals surface area contributed by atoms with Crippen LogP contribution in [0.15, 0.2) is 30.5 Å². The fourth-order valence-corrected chi connectivity index (χ4v) is 2.40. The summed E-state index contributed by atoms with van der Waals surface area (Å²) in [6, 6.07) is 7.85. The Kier molecular flexibility index (Phi) is 4.82. The van der Waals surface area contributed by atoms with E-state index in [1.165, 1.54) is 0 Å². The summed E-state index contributed by atoms with van der Waals surface area (Å²) in [7, 11) is 0. The normalized spacial score (nSPS) is 13.7. The van der Waals surface area contributed by atoms with E-state index in [0.29, 0.717) is 19.4 Å². The number of para-hydroxylation sites is 1. The summed E-state index contributed by atoms with van der Waals surface area (Å²) in [6.45, 7) is 1.99. The largest absolute Gasteiger partial charge is 0.481 e. The number of amides is 1. The van der Waals surface area contributed by atoms with Gasteiger partial charge in [-0.3, -0.25) is 9.59 Å². The van der Waals surface area contributed by atoms with Crippen molar-refractivity contribution in [3.8, 4) is 0 Å². The number of carbonyl (C=O) groups is 2. The lowest BCUT2D eigenvalue weighted by Crippen LogP contribution is -2.53. The zero-order valence-corrected chi connectivity index (χ0v) is 12.6. The van der Waals surface area contributed by atoms with Crippen LogP contribution in [0.4, 0.5) is 0 Å². The molecule has 0 unspecified atom stereocenters. The predicted octanol–water partition coefficient (Wildman–Crippen LogP) is 1.41. The fourth-order valence-electron chi connectivity index (χ4n) is 2.40. The second-order valence-electron chi connectivity index (χ2n) is 5.71. The van der Waals surface area contributed by atoms with Crippen LogP contribution < -0.4 is 11.1 Å². The van der Waals surface area contributed by atoms with Gasteiger partial charge >= 0.3 is 5.97 Å². The van der Waals surface area contributed by atoms with E-state index in [9.17, 15) is 9.59 Å². The first-order valence-electron chi connectivity index (χ1n) is 7.24. The van der Waals surface area contributed by atoms with Gasteiger partial charge in [0.05, 0.1) is 5.54 Å². The minimum Gasteiger partial charge on any atom is -0.481 e. The fraction of sp³-hybridized carbons (Fsp3) is 0.375. The summed E-state index contributed by atoms with van der Waals surface area (Å²) in [6.07, 6.45) is 2.70. The second-order valence-corrected chi connectivity index (χ2v) is 5.71. The molecule has 6 heteroatoms. The maximum Gasteiger partial charge on any atom is 0.303 e. The predicted molar refractivity (Wildman–Crippen MR) is 84.5 cm³/mol. The van der Waals surface area contributed by atoms with E-state index in [4.69, 9.17) is 10.8 Å². The van der Waals surface area contributed by atoms with Crippen molar-refractivity contribution in [1.29, 1.82) is 0 Å². The minimum atomic E-state index is -1.05. The molecule has 0 bridgehead atoms. The molecule has 0 saturated heterocycles. The number of hydrogen-bond donors (Lipinski definition) is 4. The second kappa shape index (κ2) is 6.62. The number of aromatic amines is 1. The monoisotopic (exact) mass is 303 g/mol. The summed E-state index contributed by atoms with van der Waals surface area (Å²) < 4.78 is 0. The summed E-state index contributed by atoms with van der Waals surface area (Å²) in [5.41, 5.74) is 7.09. The quantitative estimate of drug-likeness (QED) is 0.580. The Morgan fingerprint density at radius 2 is 2.09 bits per heavy atom. The number of fused-ring (bicyclic) bond motifs is 1. The third-order valence-corrected chi connectivity index (χ3v) is 3.60. The minimum absolute atomic E-state index is 0.0318. The lowest BCUT2D eigenvalue weighted by atomic mass is 9.92. The number of nitrogens with one attached hydrogen (secondary N) is 2. The average Bonchev–Trinajstić information content (AvgIpc) is 2.86. The SMILES string of the molecule is C[C@](N)(Cc1c[nH]c2ccccc12)C(=O)NCCCC(=O)O. The van der Waals surface area contributed by atoms with Gasteiger partial charge in [-0.05, 0) is 25.0 Å². The highest BCUT2D eigenvalue weighted by Gasteiger charge is 2.29. The van der Waals surface area contributed by atoms with E-state index in [1.54, 1.807) is 6.92 Å². The highest BCUT2D eigenvalue weighted by atomic mass is 16.4. The highest BCUT2D eigenvalue weighted by Crippen LogP contribution is 2.21. The van der Waals surface area contributed by atoms with Gasteiger partial charge in [0, 0.05) is 36.5 Å². The van der Waals surface area contributed by atoms with Crippen molar-refractivity contribution in [2.75, 3.05) is 6.54 Å². The summed E-state index contributed by atoms with van der Waals surface area (Å²) >= 11 is 0. The van der Waals surface area contributed by atoms with Crippen LogP contribution in [0.2, 0.25) is 0 Å². The number of benzene rings is 1. The smallest absolute Gasteiger partial charge is 0.303 e. The molecule has 1 amide bonds. The van der Waals surface area contributed by atoms with E-state index < -0.39 is 11.5 Å². The Morgan fingerprint density at radius 1 is 1.36 bits per heavy atom. The highest BCUT2D eigenvalue weighted by molar-refractivity contribution is 5.88. The third-order valence-electron chi connectivity index (χ3n) is 3.60. The Balaban J connectivity index is 1.97. The van der Waals surface area contributed by atoms with Crippen molar-refractivity contribution in [2.45, 2.75) is 31.7 Å². The van der Waals surface area contributed by atoms with Crippen molar-refractivity contribution in [3.63, 3.8) is 0 Å². The lowest BCUT2D eigenvalue weighted by molar-refractivity contribution is -0.137. The maximum atomic E-state index is 12.2. The van der Waals surface area contributed by atoms with Gasteiger partial charge < -0.3 is 21.1 Å². The van der Waals surface area contributed by atoms with E-state index in [2.05, 4.69) is 10.3 Å². The van der Waals surface area contributed by atoms with E-state index in [0.717, 1.165) is 16.5 Å². The lowest BCUT2D eigenvalue weighted by Gasteiger charge is -2.23. The van der Waals surface area contributed by atoms with Crippen molar-refractivity contribution in [2.24, 2.45) is 5.73 Å². The first-order chi connectivity index (χ1) is 10.4. The molecule has 1 aromatic carbocycles. The first-order valence-corrected chi connectivity index (χ1v) is 7.24. The van der Waals surface area contributed by atoms with Crippen molar-refractivity contribution >= 4 is 22.8 Å². The Bertz CT molecular complexity index is 676. The van der Waals surface area contributed by atoms with Gasteiger partial charge in [0.1, 0.15) is 0 Å². The van der Waals surface area contributed by atoms with E-state index in [-0.39, 0.29) is 12.3 Å². The number of H-pyrrole nitrogens is 1. The molecule has 0 fully saturated rings. The molecule has 118 valence electrons. The van der Waals surface area contributed by atoms with Gasteiger partial charge in [-0.25, -0.2) is 0 Å². The Hall–Kier alpha value is -2.34. The molecule has 2 rings (SSSR count). The number of nitrogens with two attached hydrogens (primary N) is 1. The standard InChI is InChI=1S/C16H21N3O3/c1-16(17,15(22)18-8-4-7-14(20)21)9-11-10-19-13-6-3-2-5-12(11)13/h2-3,5-6,10,19H,4,7-9,17H2,1H3,(H,18,22)(H,20,21)/t16-/m0/s1. The van der Waals surface area contributed by atoms with Crippen molar-refractivity contribution in [3.05, 3.63) is 36.0 Å². The van der Waals surface area contributed by atoms with E-state index >= 15 is 0 Å². The molecule has 1 aromatic heterocycles. The number of carbonyl (C=O) groups excluding carboxylic acids is 1. The summed E-state index contributed by atoms with van der Waals surface area (Å²) in [5, 5.41) is 12.3. The Morgan fingerprint density at radius 3 is 2.82 bits per heavy atom. The molecule has 0 radical (unpaired) electrons. The van der Waals surface area contributed by atoms with Gasteiger partial charge in [-0.15, -0.1) is 0 Å². The van der Waals surface area contributed by atoms with Gasteiger partial charge in [-0.2, -0.15) is 0 Å². The number of carboxylic acids is 1. The van der Waals surface area contributed by atoms with Gasteiger partial charge in [0.2, 0.25) is 5.91 Å². The number of aromatic nitrogens is 1. The molecule has 0 aliphatic carbocycles. The van der Waals surface area contributed by atoms with Gasteiger partial charge in [0.15, 0.2) is 0 Å². The van der Waals surface area contributed by atoms with Crippen LogP contribution in [0.5, 0.6) is 0 Å². The molecule has 0 aliphatic heterocycles. The molecule has 5 N–H and O–H groups in total. The summed E-state index contributed by atoms with van der Waals surface area (Å²) in [4.78, 5) is 25.8. The van der Waals surface area contributed by atoms with Crippen LogP contribution in [-0.4, -0.2) is 34.1 Å². The molecular weight excluding hydrogens is 282 g/mol. The zero-order valence-electron chi connectivity index (χ0n) is 12.6. The van der Waals surface area contributed by atoms with Crippen LogP contribution in [0.25, 0.3) is 10.9 Å². The average molecular weight is 303 g/mol. The molecule has 1 atom stereocenters. The number of aliphatic carboxylic acids is 1. The molecule has 0 saturated carbocycles. The maximum absolute atomic E-state index is 12.2. The molecule has 0 aliphatic rings. The van der Waals surface area contributed by atoms with Gasteiger partial charge in [0.25, 0.3) is 0 Å². The third kappa shape index (κ3) is 3.85. The molecule has 1 heterocycles. The summed E-state index contributed by atoms with van der Waals surface area (Å²) in [5.74, 6) is -1.15. The number of hydrogen-bond acceptors (Lipinski definition) is 3. The molecule has 22 heavy (non-hydrogen) atoms. The van der Waals surface area contributed by atoms with Crippen LogP contribution >= 0.6 is 0 Å². The van der Waals surface area contributed by atoms with Crippen LogP contribution in [0.1, 0.15) is 25.3 Å². The zero-order chi connectivity index (χ0) is 16.2. The molecule has 2 aromatic rings. The first kappa shape index (κ1) is 16.0. The van der Waals surface area contributed by atoms with Gasteiger partial charge in [-0.1, -0.05) is 18.2 Å². The number of carboxylic acid groups (broad SMARTS) is 1. The van der Waals surface area contributed by atoms with Crippen molar-refractivity contribution in [1.82, 2.24) is 10.3 Å². The molecule has 0 spiro atoms. The Labute approximate surface area is 128 Å². The van der Waals surface area contributed by atoms with Crippen LogP contribution in [-0.2, 0) is 16.0 Å². The van der Waals surface area contributed by atoms with Crippen LogP contribution in [0, 0.1) is 0 Å². The molecule has 6 nitrogen and oxygen atoms in total. The van der Waals surface area contributed by atoms with Crippen molar-refractivity contribution < 1.29 is 14.7 Å². The number of rotatable bonds is 7. The molecular formula is C16H21N3O3. The topological polar surface area (TPSA) is 108 Å². The van der Waals surface area contributed by atoms with Crippen LogP contribution in [0.3, 0.4) is 0 Å².